The van der Waals surface area contributed by atoms with Crippen LogP contribution in [0, 0.1) is 6.92 Å². The number of rotatable bonds is 4. The highest BCUT2D eigenvalue weighted by atomic mass is 35.5. The van der Waals surface area contributed by atoms with E-state index in [2.05, 4.69) is 4.98 Å². The van der Waals surface area contributed by atoms with Crippen molar-refractivity contribution in [1.82, 2.24) is 9.97 Å². The zero-order chi connectivity index (χ0) is 23.9. The lowest BCUT2D eigenvalue weighted by Crippen LogP contribution is -2.36. The second-order valence-corrected chi connectivity index (χ2v) is 9.82. The molecule has 35 heavy (non-hydrogen) atoms. The Labute approximate surface area is 211 Å². The van der Waals surface area contributed by atoms with Crippen molar-refractivity contribution in [3.63, 3.8) is 0 Å². The summed E-state index contributed by atoms with van der Waals surface area (Å²) in [6, 6.07) is 23.1. The number of aromatic nitrogens is 2. The van der Waals surface area contributed by atoms with Crippen LogP contribution in [0.5, 0.6) is 11.5 Å². The first-order valence-electron chi connectivity index (χ1n) is 11.2. The number of thiazole rings is 1. The monoisotopic (exact) mass is 497 g/mol. The highest BCUT2D eigenvalue weighted by molar-refractivity contribution is 7.23. The van der Waals surface area contributed by atoms with Crippen LogP contribution in [0.2, 0.25) is 5.02 Å². The minimum absolute atomic E-state index is 0.0788. The van der Waals surface area contributed by atoms with Crippen molar-refractivity contribution in [2.24, 2.45) is 0 Å². The van der Waals surface area contributed by atoms with E-state index in [1.807, 2.05) is 79.7 Å². The van der Waals surface area contributed by atoms with Crippen LogP contribution < -0.4 is 9.64 Å². The van der Waals surface area contributed by atoms with Gasteiger partial charge in [0.2, 0.25) is 5.91 Å². The molecule has 7 heteroatoms. The molecule has 2 aromatic heterocycles. The number of fused-ring (bicyclic) bond motifs is 3. The summed E-state index contributed by atoms with van der Waals surface area (Å²) in [5, 5.41) is 1.23. The molecule has 0 spiro atoms. The standard InChI is InChI=1S/C28H20ClN3O2S/c1-17-12-13-21(29)26-25(17)31-28(35-26)32(16-18-7-6-14-30-15-18)27(33)24-19-8-2-4-10-22(19)34-23-11-5-3-9-20(23)24/h2-15,24H,16H2,1H3. The van der Waals surface area contributed by atoms with Gasteiger partial charge in [-0.25, -0.2) is 4.98 Å². The summed E-state index contributed by atoms with van der Waals surface area (Å²) in [5.41, 5.74) is 4.42. The van der Waals surface area contributed by atoms with Crippen LogP contribution in [0.25, 0.3) is 10.2 Å². The number of pyridine rings is 1. The van der Waals surface area contributed by atoms with Crippen molar-refractivity contribution in [2.75, 3.05) is 4.90 Å². The third kappa shape index (κ3) is 3.85. The molecule has 1 aliphatic heterocycles. The summed E-state index contributed by atoms with van der Waals surface area (Å²) >= 11 is 7.94. The van der Waals surface area contributed by atoms with Gasteiger partial charge in [-0.05, 0) is 42.3 Å². The van der Waals surface area contributed by atoms with E-state index in [4.69, 9.17) is 21.3 Å². The molecule has 3 heterocycles. The summed E-state index contributed by atoms with van der Waals surface area (Å²) in [5.74, 6) is 0.768. The average Bonchev–Trinajstić information content (AvgIpc) is 3.35. The Morgan fingerprint density at radius 2 is 1.71 bits per heavy atom. The van der Waals surface area contributed by atoms with Gasteiger partial charge in [-0.2, -0.15) is 0 Å². The Hall–Kier alpha value is -3.74. The van der Waals surface area contributed by atoms with E-state index in [0.717, 1.165) is 32.5 Å². The van der Waals surface area contributed by atoms with Crippen molar-refractivity contribution in [3.8, 4) is 11.5 Å². The summed E-state index contributed by atoms with van der Waals surface area (Å²) in [7, 11) is 0. The van der Waals surface area contributed by atoms with Gasteiger partial charge >= 0.3 is 0 Å². The molecule has 3 aromatic carbocycles. The molecule has 1 amide bonds. The normalized spacial score (nSPS) is 12.6. The Kier molecular flexibility index (Phi) is 5.47. The number of ether oxygens (including phenoxy) is 1. The van der Waals surface area contributed by atoms with E-state index in [9.17, 15) is 4.79 Å². The van der Waals surface area contributed by atoms with Crippen molar-refractivity contribution in [2.45, 2.75) is 19.4 Å². The van der Waals surface area contributed by atoms with Crippen molar-refractivity contribution in [1.29, 1.82) is 0 Å². The van der Waals surface area contributed by atoms with E-state index in [-0.39, 0.29) is 5.91 Å². The summed E-state index contributed by atoms with van der Waals surface area (Å²) in [6.45, 7) is 2.34. The zero-order valence-electron chi connectivity index (χ0n) is 18.8. The highest BCUT2D eigenvalue weighted by Crippen LogP contribution is 2.46. The van der Waals surface area contributed by atoms with Gasteiger partial charge in [0.15, 0.2) is 5.13 Å². The maximum atomic E-state index is 14.5. The van der Waals surface area contributed by atoms with Gasteiger partial charge in [-0.3, -0.25) is 14.7 Å². The summed E-state index contributed by atoms with van der Waals surface area (Å²) in [6.07, 6.45) is 3.50. The lowest BCUT2D eigenvalue weighted by molar-refractivity contribution is -0.119. The van der Waals surface area contributed by atoms with Gasteiger partial charge in [0.05, 0.1) is 27.7 Å². The van der Waals surface area contributed by atoms with Crippen LogP contribution in [-0.4, -0.2) is 15.9 Å². The number of benzene rings is 3. The van der Waals surface area contributed by atoms with Crippen LogP contribution in [0.15, 0.2) is 85.2 Å². The minimum atomic E-state index is -0.531. The second kappa shape index (κ2) is 8.80. The van der Waals surface area contributed by atoms with Crippen molar-refractivity contribution >= 4 is 44.2 Å². The quantitative estimate of drug-likeness (QED) is 0.265. The second-order valence-electron chi connectivity index (χ2n) is 8.43. The fraction of sp³-hybridized carbons (Fsp3) is 0.107. The molecule has 0 saturated carbocycles. The van der Waals surface area contributed by atoms with E-state index in [1.54, 1.807) is 17.3 Å². The van der Waals surface area contributed by atoms with Gasteiger partial charge in [-0.15, -0.1) is 0 Å². The molecular weight excluding hydrogens is 478 g/mol. The number of anilines is 1. The number of halogens is 1. The number of para-hydroxylation sites is 2. The Morgan fingerprint density at radius 3 is 2.37 bits per heavy atom. The largest absolute Gasteiger partial charge is 0.457 e. The number of nitrogens with zero attached hydrogens (tertiary/aromatic N) is 3. The Balaban J connectivity index is 1.52. The predicted molar refractivity (Wildman–Crippen MR) is 140 cm³/mol. The lowest BCUT2D eigenvalue weighted by atomic mass is 9.87. The van der Waals surface area contributed by atoms with Crippen LogP contribution >= 0.6 is 22.9 Å². The number of carbonyl (C=O) groups is 1. The molecule has 0 aliphatic carbocycles. The highest BCUT2D eigenvalue weighted by Gasteiger charge is 2.36. The molecule has 0 saturated heterocycles. The number of aryl methyl sites for hydroxylation is 1. The van der Waals surface area contributed by atoms with Crippen LogP contribution in [0.3, 0.4) is 0 Å². The molecule has 6 rings (SSSR count). The summed E-state index contributed by atoms with van der Waals surface area (Å²) in [4.78, 5) is 25.3. The molecule has 0 atom stereocenters. The Morgan fingerprint density at radius 1 is 1.00 bits per heavy atom. The van der Waals surface area contributed by atoms with E-state index in [1.165, 1.54) is 11.3 Å². The first-order valence-corrected chi connectivity index (χ1v) is 12.4. The molecule has 172 valence electrons. The first kappa shape index (κ1) is 21.8. The first-order chi connectivity index (χ1) is 17.1. The molecule has 0 fully saturated rings. The van der Waals surface area contributed by atoms with Gasteiger partial charge in [0.25, 0.3) is 0 Å². The van der Waals surface area contributed by atoms with E-state index < -0.39 is 5.92 Å². The van der Waals surface area contributed by atoms with Crippen LogP contribution in [0.4, 0.5) is 5.13 Å². The average molecular weight is 498 g/mol. The van der Waals surface area contributed by atoms with Crippen molar-refractivity contribution < 1.29 is 9.53 Å². The topological polar surface area (TPSA) is 55.3 Å². The fourth-order valence-electron chi connectivity index (χ4n) is 4.45. The van der Waals surface area contributed by atoms with Gasteiger partial charge in [-0.1, -0.05) is 71.5 Å². The Bertz CT molecular complexity index is 1480. The fourth-order valence-corrected chi connectivity index (χ4v) is 5.77. The number of carbonyl (C=O) groups excluding carboxylic acids is 1. The zero-order valence-corrected chi connectivity index (χ0v) is 20.4. The molecule has 5 aromatic rings. The SMILES string of the molecule is Cc1ccc(Cl)c2sc(N(Cc3cccnc3)C(=O)C3c4ccccc4Oc4ccccc43)nc12. The smallest absolute Gasteiger partial charge is 0.241 e. The molecular formula is C28H20ClN3O2S. The maximum absolute atomic E-state index is 14.5. The van der Waals surface area contributed by atoms with Gasteiger partial charge in [0, 0.05) is 23.5 Å². The molecule has 0 radical (unpaired) electrons. The van der Waals surface area contributed by atoms with E-state index in [0.29, 0.717) is 28.2 Å². The van der Waals surface area contributed by atoms with Gasteiger partial charge in [0.1, 0.15) is 11.5 Å². The van der Waals surface area contributed by atoms with E-state index >= 15 is 0 Å². The summed E-state index contributed by atoms with van der Waals surface area (Å²) < 4.78 is 7.00. The van der Waals surface area contributed by atoms with Crippen LogP contribution in [-0.2, 0) is 11.3 Å². The molecule has 0 unspecified atom stereocenters. The molecule has 0 bridgehead atoms. The molecule has 0 N–H and O–H groups in total. The number of hydrogen-bond donors (Lipinski definition) is 0. The third-order valence-electron chi connectivity index (χ3n) is 6.17. The minimum Gasteiger partial charge on any atom is -0.457 e. The lowest BCUT2D eigenvalue weighted by Gasteiger charge is -2.31. The predicted octanol–water partition coefficient (Wildman–Crippen LogP) is 7.12. The molecule has 5 nitrogen and oxygen atoms in total. The maximum Gasteiger partial charge on any atom is 0.241 e. The molecule has 1 aliphatic rings. The number of amides is 1. The van der Waals surface area contributed by atoms with Gasteiger partial charge < -0.3 is 4.74 Å². The van der Waals surface area contributed by atoms with Crippen molar-refractivity contribution in [3.05, 3.63) is 112 Å². The van der Waals surface area contributed by atoms with Crippen LogP contribution in [0.1, 0.15) is 28.2 Å². The third-order valence-corrected chi connectivity index (χ3v) is 7.71. The number of hydrogen-bond acceptors (Lipinski definition) is 5.